The van der Waals surface area contributed by atoms with Crippen LogP contribution in [0.1, 0.15) is 30.1 Å². The van der Waals surface area contributed by atoms with Gasteiger partial charge in [-0.1, -0.05) is 6.92 Å². The van der Waals surface area contributed by atoms with Gasteiger partial charge in [0.2, 0.25) is 0 Å². The van der Waals surface area contributed by atoms with Gasteiger partial charge in [0.15, 0.2) is 0 Å². The Bertz CT molecular complexity index is 659. The van der Waals surface area contributed by atoms with Gasteiger partial charge in [0, 0.05) is 30.0 Å². The van der Waals surface area contributed by atoms with Crippen molar-refractivity contribution < 1.29 is 9.18 Å². The number of halogens is 1. The third-order valence-electron chi connectivity index (χ3n) is 4.34. The number of hydrogen-bond acceptors (Lipinski definition) is 2. The lowest BCUT2D eigenvalue weighted by molar-refractivity contribution is 0.0697. The van der Waals surface area contributed by atoms with Crippen LogP contribution in [0.5, 0.6) is 0 Å². The van der Waals surface area contributed by atoms with Crippen LogP contribution in [-0.4, -0.2) is 23.9 Å². The number of carbonyl (C=O) groups excluding carboxylic acids is 1. The molecule has 4 heteroatoms. The summed E-state index contributed by atoms with van der Waals surface area (Å²) < 4.78 is 12.9. The largest absolute Gasteiger partial charge is 0.356 e. The van der Waals surface area contributed by atoms with Crippen molar-refractivity contribution in [3.05, 3.63) is 59.9 Å². The van der Waals surface area contributed by atoms with Gasteiger partial charge in [-0.3, -0.25) is 4.79 Å². The van der Waals surface area contributed by atoms with Gasteiger partial charge in [-0.2, -0.15) is 0 Å². The molecule has 0 saturated carbocycles. The molecule has 23 heavy (non-hydrogen) atoms. The van der Waals surface area contributed by atoms with Crippen molar-refractivity contribution in [1.29, 1.82) is 0 Å². The van der Waals surface area contributed by atoms with Crippen LogP contribution >= 0.6 is 0 Å². The lowest BCUT2D eigenvalue weighted by Crippen LogP contribution is -2.37. The normalized spacial score (nSPS) is 15.5. The minimum atomic E-state index is -0.257. The maximum Gasteiger partial charge on any atom is 0.253 e. The number of hydrogen-bond donors (Lipinski definition) is 1. The van der Waals surface area contributed by atoms with Crippen LogP contribution in [0.2, 0.25) is 0 Å². The van der Waals surface area contributed by atoms with Gasteiger partial charge in [0.05, 0.1) is 0 Å². The number of nitrogens with zero attached hydrogens (tertiary/aromatic N) is 1. The van der Waals surface area contributed by atoms with E-state index in [9.17, 15) is 9.18 Å². The number of piperidine rings is 1. The van der Waals surface area contributed by atoms with E-state index in [1.165, 1.54) is 12.1 Å². The number of amides is 1. The fraction of sp³-hybridized carbons (Fsp3) is 0.316. The first kappa shape index (κ1) is 15.5. The highest BCUT2D eigenvalue weighted by atomic mass is 19.1. The van der Waals surface area contributed by atoms with E-state index in [0.717, 1.165) is 37.3 Å². The molecular formula is C19H21FN2O. The molecule has 1 saturated heterocycles. The number of rotatable bonds is 3. The van der Waals surface area contributed by atoms with Gasteiger partial charge in [-0.25, -0.2) is 4.39 Å². The molecule has 0 spiro atoms. The van der Waals surface area contributed by atoms with Gasteiger partial charge >= 0.3 is 0 Å². The quantitative estimate of drug-likeness (QED) is 0.908. The molecule has 1 aliphatic heterocycles. The highest BCUT2D eigenvalue weighted by molar-refractivity contribution is 5.94. The third kappa shape index (κ3) is 3.89. The number of likely N-dealkylation sites (tertiary alicyclic amines) is 1. The predicted molar refractivity (Wildman–Crippen MR) is 90.4 cm³/mol. The summed E-state index contributed by atoms with van der Waals surface area (Å²) in [6.45, 7) is 3.92. The van der Waals surface area contributed by atoms with E-state index in [4.69, 9.17) is 0 Å². The minimum Gasteiger partial charge on any atom is -0.356 e. The number of nitrogens with one attached hydrogen (secondary N) is 1. The third-order valence-corrected chi connectivity index (χ3v) is 4.34. The second kappa shape index (κ2) is 6.82. The molecule has 0 radical (unpaired) electrons. The molecule has 3 rings (SSSR count). The first-order valence-corrected chi connectivity index (χ1v) is 8.04. The monoisotopic (exact) mass is 312 g/mol. The molecule has 1 fully saturated rings. The number of benzene rings is 2. The van der Waals surface area contributed by atoms with Gasteiger partial charge in [0.1, 0.15) is 5.82 Å². The smallest absolute Gasteiger partial charge is 0.253 e. The average Bonchev–Trinajstić information content (AvgIpc) is 2.58. The molecule has 3 nitrogen and oxygen atoms in total. The maximum atomic E-state index is 12.9. The second-order valence-corrected chi connectivity index (χ2v) is 6.18. The van der Waals surface area contributed by atoms with E-state index in [0.29, 0.717) is 11.5 Å². The highest BCUT2D eigenvalue weighted by Crippen LogP contribution is 2.21. The Kier molecular flexibility index (Phi) is 4.60. The molecule has 0 aromatic heterocycles. The minimum absolute atomic E-state index is 0.102. The zero-order valence-electron chi connectivity index (χ0n) is 13.3. The Morgan fingerprint density at radius 3 is 2.09 bits per heavy atom. The lowest BCUT2D eigenvalue weighted by Gasteiger charge is -2.30. The number of carbonyl (C=O) groups is 1. The Labute approximate surface area is 136 Å². The average molecular weight is 312 g/mol. The van der Waals surface area contributed by atoms with Crippen molar-refractivity contribution in [2.45, 2.75) is 19.8 Å². The van der Waals surface area contributed by atoms with Crippen molar-refractivity contribution in [3.8, 4) is 0 Å². The zero-order chi connectivity index (χ0) is 16.2. The van der Waals surface area contributed by atoms with Gasteiger partial charge < -0.3 is 10.2 Å². The molecular weight excluding hydrogens is 291 g/mol. The molecule has 1 amide bonds. The second-order valence-electron chi connectivity index (χ2n) is 6.18. The zero-order valence-corrected chi connectivity index (χ0v) is 13.3. The molecule has 0 unspecified atom stereocenters. The van der Waals surface area contributed by atoms with E-state index >= 15 is 0 Å². The standard InChI is InChI=1S/C19H21FN2O/c1-14-10-12-22(13-11-14)19(23)15-2-6-17(7-3-15)21-18-8-4-16(20)5-9-18/h2-9,14,21H,10-13H2,1H3. The molecule has 0 bridgehead atoms. The maximum absolute atomic E-state index is 12.9. The Morgan fingerprint density at radius 1 is 1.00 bits per heavy atom. The topological polar surface area (TPSA) is 32.3 Å². The molecule has 120 valence electrons. The summed E-state index contributed by atoms with van der Waals surface area (Å²) in [6, 6.07) is 13.6. The summed E-state index contributed by atoms with van der Waals surface area (Å²) in [5.41, 5.74) is 2.40. The van der Waals surface area contributed by atoms with E-state index < -0.39 is 0 Å². The van der Waals surface area contributed by atoms with Crippen LogP contribution in [0.3, 0.4) is 0 Å². The summed E-state index contributed by atoms with van der Waals surface area (Å²) >= 11 is 0. The summed E-state index contributed by atoms with van der Waals surface area (Å²) in [5, 5.41) is 3.19. The SMILES string of the molecule is CC1CCN(C(=O)c2ccc(Nc3ccc(F)cc3)cc2)CC1. The molecule has 1 N–H and O–H groups in total. The summed E-state index contributed by atoms with van der Waals surface area (Å²) in [4.78, 5) is 14.4. The molecule has 0 aliphatic carbocycles. The van der Waals surface area contributed by atoms with E-state index in [1.807, 2.05) is 29.2 Å². The van der Waals surface area contributed by atoms with Gasteiger partial charge in [-0.15, -0.1) is 0 Å². The molecule has 2 aromatic rings. The van der Waals surface area contributed by atoms with E-state index in [2.05, 4.69) is 12.2 Å². The van der Waals surface area contributed by atoms with Crippen LogP contribution in [0, 0.1) is 11.7 Å². The Hall–Kier alpha value is -2.36. The van der Waals surface area contributed by atoms with E-state index in [1.54, 1.807) is 12.1 Å². The Balaban J connectivity index is 1.64. The van der Waals surface area contributed by atoms with Crippen LogP contribution in [0.15, 0.2) is 48.5 Å². The molecule has 1 aliphatic rings. The lowest BCUT2D eigenvalue weighted by atomic mass is 9.98. The van der Waals surface area contributed by atoms with E-state index in [-0.39, 0.29) is 11.7 Å². The highest BCUT2D eigenvalue weighted by Gasteiger charge is 2.21. The van der Waals surface area contributed by atoms with Crippen LogP contribution in [0.25, 0.3) is 0 Å². The van der Waals surface area contributed by atoms with Gasteiger partial charge in [-0.05, 0) is 67.3 Å². The van der Waals surface area contributed by atoms with Crippen molar-refractivity contribution in [2.24, 2.45) is 5.92 Å². The first-order chi connectivity index (χ1) is 11.1. The predicted octanol–water partition coefficient (Wildman–Crippen LogP) is 4.44. The van der Waals surface area contributed by atoms with Crippen molar-refractivity contribution in [3.63, 3.8) is 0 Å². The summed E-state index contributed by atoms with van der Waals surface area (Å²) in [5.74, 6) is 0.555. The summed E-state index contributed by atoms with van der Waals surface area (Å²) in [7, 11) is 0. The molecule has 1 heterocycles. The van der Waals surface area contributed by atoms with Crippen LogP contribution in [0.4, 0.5) is 15.8 Å². The summed E-state index contributed by atoms with van der Waals surface area (Å²) in [6.07, 6.45) is 2.16. The van der Waals surface area contributed by atoms with Crippen molar-refractivity contribution in [1.82, 2.24) is 4.90 Å². The number of anilines is 2. The van der Waals surface area contributed by atoms with Gasteiger partial charge in [0.25, 0.3) is 5.91 Å². The van der Waals surface area contributed by atoms with Crippen LogP contribution in [-0.2, 0) is 0 Å². The fourth-order valence-corrected chi connectivity index (χ4v) is 2.79. The van der Waals surface area contributed by atoms with Crippen LogP contribution < -0.4 is 5.32 Å². The van der Waals surface area contributed by atoms with Crippen molar-refractivity contribution in [2.75, 3.05) is 18.4 Å². The molecule has 0 atom stereocenters. The first-order valence-electron chi connectivity index (χ1n) is 8.04. The van der Waals surface area contributed by atoms with Crippen molar-refractivity contribution >= 4 is 17.3 Å². The fourth-order valence-electron chi connectivity index (χ4n) is 2.79. The molecule has 2 aromatic carbocycles. The Morgan fingerprint density at radius 2 is 1.52 bits per heavy atom.